The fourth-order valence-corrected chi connectivity index (χ4v) is 4.92. The van der Waals surface area contributed by atoms with E-state index in [1.807, 2.05) is 57.4 Å². The lowest BCUT2D eigenvalue weighted by molar-refractivity contribution is 0.310. The van der Waals surface area contributed by atoms with Gasteiger partial charge in [-0.15, -0.1) is 0 Å². The maximum absolute atomic E-state index is 13.1. The van der Waals surface area contributed by atoms with E-state index in [0.717, 1.165) is 11.3 Å². The summed E-state index contributed by atoms with van der Waals surface area (Å²) in [6.45, 7) is 2.75. The second kappa shape index (κ2) is 10.5. The quantitative estimate of drug-likeness (QED) is 0.499. The zero-order chi connectivity index (χ0) is 23.1. The van der Waals surface area contributed by atoms with E-state index in [1.165, 1.54) is 10.5 Å². The van der Waals surface area contributed by atoms with Crippen molar-refractivity contribution < 1.29 is 13.2 Å². The minimum atomic E-state index is -3.70. The highest BCUT2D eigenvalue weighted by Gasteiger charge is 2.24. The van der Waals surface area contributed by atoms with Crippen molar-refractivity contribution >= 4 is 21.5 Å². The van der Waals surface area contributed by atoms with E-state index < -0.39 is 10.0 Å². The third kappa shape index (κ3) is 5.38. The average molecular weight is 455 g/mol. The van der Waals surface area contributed by atoms with Gasteiger partial charge in [-0.1, -0.05) is 30.3 Å². The number of anilines is 2. The van der Waals surface area contributed by atoms with Crippen LogP contribution in [0.15, 0.2) is 77.8 Å². The molecular formula is C24H30N4O3S. The Kier molecular flexibility index (Phi) is 7.71. The van der Waals surface area contributed by atoms with Crippen LogP contribution in [0, 0.1) is 0 Å². The molecule has 32 heavy (non-hydrogen) atoms. The highest BCUT2D eigenvalue weighted by Crippen LogP contribution is 2.25. The Hall–Kier alpha value is -3.10. The van der Waals surface area contributed by atoms with Gasteiger partial charge >= 0.3 is 0 Å². The molecule has 0 bridgehead atoms. The number of nitrogens with one attached hydrogen (secondary N) is 1. The van der Waals surface area contributed by atoms with Crippen LogP contribution in [0.5, 0.6) is 5.75 Å². The molecule has 0 amide bonds. The number of aromatic nitrogens is 1. The van der Waals surface area contributed by atoms with Crippen molar-refractivity contribution in [2.45, 2.75) is 17.9 Å². The number of pyridine rings is 1. The Morgan fingerprint density at radius 3 is 2.38 bits per heavy atom. The number of benzene rings is 2. The monoisotopic (exact) mass is 454 g/mol. The second-order valence-electron chi connectivity index (χ2n) is 7.52. The van der Waals surface area contributed by atoms with E-state index in [0.29, 0.717) is 24.6 Å². The fraction of sp³-hybridized carbons (Fsp3) is 0.292. The summed E-state index contributed by atoms with van der Waals surface area (Å²) in [5.74, 6) is 1.42. The number of nitrogens with zero attached hydrogens (tertiary/aromatic N) is 3. The molecule has 7 nitrogen and oxygen atoms in total. The van der Waals surface area contributed by atoms with Crippen LogP contribution in [-0.2, 0) is 10.0 Å². The van der Waals surface area contributed by atoms with Gasteiger partial charge in [-0.25, -0.2) is 13.4 Å². The molecule has 3 rings (SSSR count). The lowest BCUT2D eigenvalue weighted by Gasteiger charge is -2.26. The lowest BCUT2D eigenvalue weighted by atomic mass is 10.1. The van der Waals surface area contributed by atoms with Crippen LogP contribution >= 0.6 is 0 Å². The van der Waals surface area contributed by atoms with Crippen LogP contribution in [0.3, 0.4) is 0 Å². The van der Waals surface area contributed by atoms with Crippen LogP contribution < -0.4 is 14.4 Å². The summed E-state index contributed by atoms with van der Waals surface area (Å²) < 4.78 is 33.0. The molecule has 0 aliphatic rings. The molecule has 3 aromatic rings. The SMILES string of the molecule is CCN(c1ccccc1)S(=O)(=O)c1ccc(NCC(c2cccc(OC)c2)N(C)C)nc1. The third-order valence-electron chi connectivity index (χ3n) is 5.23. The van der Waals surface area contributed by atoms with Crippen LogP contribution in [0.25, 0.3) is 0 Å². The molecule has 0 spiro atoms. The van der Waals surface area contributed by atoms with E-state index in [1.54, 1.807) is 31.4 Å². The Morgan fingerprint density at radius 1 is 1.03 bits per heavy atom. The molecule has 8 heteroatoms. The molecule has 1 atom stereocenters. The number of ether oxygens (including phenoxy) is 1. The number of hydrogen-bond donors (Lipinski definition) is 1. The maximum Gasteiger partial charge on any atom is 0.265 e. The molecule has 170 valence electrons. The van der Waals surface area contributed by atoms with Crippen LogP contribution in [-0.4, -0.2) is 52.6 Å². The topological polar surface area (TPSA) is 74.8 Å². The van der Waals surface area contributed by atoms with Crippen molar-refractivity contribution in [1.29, 1.82) is 0 Å². The van der Waals surface area contributed by atoms with Gasteiger partial charge in [0.15, 0.2) is 0 Å². The third-order valence-corrected chi connectivity index (χ3v) is 7.12. The van der Waals surface area contributed by atoms with E-state index >= 15 is 0 Å². The number of para-hydroxylation sites is 1. The standard InChI is InChI=1S/C24H30N4O3S/c1-5-28(20-11-7-6-8-12-20)32(29,30)22-14-15-24(25-17-22)26-18-23(27(2)3)19-10-9-13-21(16-19)31-4/h6-17,23H,5,18H2,1-4H3,(H,25,26). The maximum atomic E-state index is 13.1. The summed E-state index contributed by atoms with van der Waals surface area (Å²) >= 11 is 0. The van der Waals surface area contributed by atoms with Crippen molar-refractivity contribution in [3.63, 3.8) is 0 Å². The highest BCUT2D eigenvalue weighted by atomic mass is 32.2. The number of sulfonamides is 1. The van der Waals surface area contributed by atoms with Gasteiger partial charge in [0, 0.05) is 19.3 Å². The molecule has 1 N–H and O–H groups in total. The minimum absolute atomic E-state index is 0.0870. The normalized spacial score (nSPS) is 12.4. The van der Waals surface area contributed by atoms with Crippen molar-refractivity contribution in [2.75, 3.05) is 43.9 Å². The minimum Gasteiger partial charge on any atom is -0.497 e. The molecular weight excluding hydrogens is 424 g/mol. The van der Waals surface area contributed by atoms with Gasteiger partial charge in [0.25, 0.3) is 10.0 Å². The predicted octanol–water partition coefficient (Wildman–Crippen LogP) is 4.02. The number of rotatable bonds is 10. The summed E-state index contributed by atoms with van der Waals surface area (Å²) in [6, 6.07) is 20.4. The molecule has 0 saturated carbocycles. The van der Waals surface area contributed by atoms with Crippen molar-refractivity contribution in [2.24, 2.45) is 0 Å². The van der Waals surface area contributed by atoms with E-state index in [2.05, 4.69) is 21.3 Å². The summed E-state index contributed by atoms with van der Waals surface area (Å²) in [5, 5.41) is 3.31. The smallest absolute Gasteiger partial charge is 0.265 e. The zero-order valence-electron chi connectivity index (χ0n) is 18.9. The van der Waals surface area contributed by atoms with Gasteiger partial charge in [0.05, 0.1) is 18.8 Å². The fourth-order valence-electron chi connectivity index (χ4n) is 3.50. The number of likely N-dealkylation sites (N-methyl/N-ethyl adjacent to an activating group) is 1. The van der Waals surface area contributed by atoms with Crippen molar-refractivity contribution in [3.05, 3.63) is 78.5 Å². The summed E-state index contributed by atoms with van der Waals surface area (Å²) in [6.07, 6.45) is 1.40. The van der Waals surface area contributed by atoms with Gasteiger partial charge in [0.2, 0.25) is 0 Å². The number of methoxy groups -OCH3 is 1. The summed E-state index contributed by atoms with van der Waals surface area (Å²) in [4.78, 5) is 6.62. The second-order valence-corrected chi connectivity index (χ2v) is 9.38. The van der Waals surface area contributed by atoms with Gasteiger partial charge in [-0.3, -0.25) is 4.31 Å². The van der Waals surface area contributed by atoms with Gasteiger partial charge in [-0.05, 0) is 63.0 Å². The molecule has 2 aromatic carbocycles. The van der Waals surface area contributed by atoms with Crippen LogP contribution in [0.2, 0.25) is 0 Å². The van der Waals surface area contributed by atoms with Crippen molar-refractivity contribution in [3.8, 4) is 5.75 Å². The average Bonchev–Trinajstić information content (AvgIpc) is 2.80. The van der Waals surface area contributed by atoms with Gasteiger partial charge < -0.3 is 15.0 Å². The van der Waals surface area contributed by atoms with E-state index in [-0.39, 0.29) is 10.9 Å². The first-order chi connectivity index (χ1) is 15.4. The van der Waals surface area contributed by atoms with Crippen LogP contribution in [0.1, 0.15) is 18.5 Å². The highest BCUT2D eigenvalue weighted by molar-refractivity contribution is 7.92. The number of hydrogen-bond acceptors (Lipinski definition) is 6. The summed E-state index contributed by atoms with van der Waals surface area (Å²) in [7, 11) is 1.98. The zero-order valence-corrected chi connectivity index (χ0v) is 19.7. The molecule has 0 radical (unpaired) electrons. The Balaban J connectivity index is 1.74. The predicted molar refractivity (Wildman–Crippen MR) is 129 cm³/mol. The molecule has 1 heterocycles. The Labute approximate surface area is 190 Å². The molecule has 0 fully saturated rings. The lowest BCUT2D eigenvalue weighted by Crippen LogP contribution is -2.30. The first-order valence-corrected chi connectivity index (χ1v) is 11.9. The Morgan fingerprint density at radius 2 is 1.78 bits per heavy atom. The van der Waals surface area contributed by atoms with Crippen LogP contribution in [0.4, 0.5) is 11.5 Å². The van der Waals surface area contributed by atoms with E-state index in [9.17, 15) is 8.42 Å². The first-order valence-electron chi connectivity index (χ1n) is 10.4. The van der Waals surface area contributed by atoms with Crippen molar-refractivity contribution in [1.82, 2.24) is 9.88 Å². The molecule has 1 unspecified atom stereocenters. The van der Waals surface area contributed by atoms with E-state index in [4.69, 9.17) is 4.74 Å². The Bertz CT molecular complexity index is 1100. The summed E-state index contributed by atoms with van der Waals surface area (Å²) in [5.41, 5.74) is 1.74. The van der Waals surface area contributed by atoms with Gasteiger partial charge in [-0.2, -0.15) is 0 Å². The van der Waals surface area contributed by atoms with Gasteiger partial charge in [0.1, 0.15) is 16.5 Å². The first kappa shape index (κ1) is 23.6. The largest absolute Gasteiger partial charge is 0.497 e. The molecule has 0 saturated heterocycles. The molecule has 0 aliphatic carbocycles. The molecule has 1 aromatic heterocycles. The molecule has 0 aliphatic heterocycles.